The summed E-state index contributed by atoms with van der Waals surface area (Å²) in [7, 11) is 0. The molecule has 3 aromatic rings. The number of hydrogen-bond acceptors (Lipinski definition) is 6. The van der Waals surface area contributed by atoms with Crippen molar-refractivity contribution in [1.29, 1.82) is 0 Å². The zero-order valence-electron chi connectivity index (χ0n) is 13.8. The number of benzene rings is 1. The van der Waals surface area contributed by atoms with Gasteiger partial charge in [-0.25, -0.2) is 13.8 Å². The molecule has 0 spiro atoms. The smallest absolute Gasteiger partial charge is 0.225 e. The Morgan fingerprint density at radius 3 is 2.54 bits per heavy atom. The van der Waals surface area contributed by atoms with Gasteiger partial charge in [-0.1, -0.05) is 12.1 Å². The van der Waals surface area contributed by atoms with Crippen LogP contribution >= 0.6 is 0 Å². The Kier molecular flexibility index (Phi) is 5.65. The summed E-state index contributed by atoms with van der Waals surface area (Å²) < 4.78 is 26.3. The molecule has 0 saturated heterocycles. The van der Waals surface area contributed by atoms with Gasteiger partial charge in [0.25, 0.3) is 0 Å². The van der Waals surface area contributed by atoms with Crippen LogP contribution in [0.1, 0.15) is 5.56 Å². The first-order valence-corrected chi connectivity index (χ1v) is 7.99. The molecule has 0 bridgehead atoms. The SMILES string of the molecule is OCCNc1nc(NCc2ccc(F)c(F)c2)cc(-c2ccccn2)n1. The number of pyridine rings is 1. The van der Waals surface area contributed by atoms with Gasteiger partial charge in [0, 0.05) is 25.4 Å². The van der Waals surface area contributed by atoms with E-state index in [-0.39, 0.29) is 13.2 Å². The number of nitrogens with one attached hydrogen (secondary N) is 2. The first-order valence-electron chi connectivity index (χ1n) is 7.99. The van der Waals surface area contributed by atoms with E-state index < -0.39 is 11.6 Å². The minimum Gasteiger partial charge on any atom is -0.395 e. The lowest BCUT2D eigenvalue weighted by Gasteiger charge is -2.11. The van der Waals surface area contributed by atoms with E-state index >= 15 is 0 Å². The lowest BCUT2D eigenvalue weighted by atomic mass is 10.2. The fourth-order valence-corrected chi connectivity index (χ4v) is 2.27. The van der Waals surface area contributed by atoms with Crippen molar-refractivity contribution in [2.45, 2.75) is 6.54 Å². The third kappa shape index (κ3) is 4.48. The second-order valence-electron chi connectivity index (χ2n) is 5.43. The normalized spacial score (nSPS) is 10.6. The van der Waals surface area contributed by atoms with Crippen molar-refractivity contribution in [1.82, 2.24) is 15.0 Å². The van der Waals surface area contributed by atoms with Gasteiger partial charge in [0.15, 0.2) is 11.6 Å². The molecule has 134 valence electrons. The van der Waals surface area contributed by atoms with E-state index in [9.17, 15) is 8.78 Å². The van der Waals surface area contributed by atoms with Gasteiger partial charge in [0.05, 0.1) is 18.0 Å². The first-order chi connectivity index (χ1) is 12.7. The predicted molar refractivity (Wildman–Crippen MR) is 94.5 cm³/mol. The molecule has 0 aliphatic rings. The highest BCUT2D eigenvalue weighted by Gasteiger charge is 2.08. The maximum atomic E-state index is 13.3. The van der Waals surface area contributed by atoms with Crippen LogP contribution in [0.5, 0.6) is 0 Å². The molecule has 8 heteroatoms. The van der Waals surface area contributed by atoms with Gasteiger partial charge >= 0.3 is 0 Å². The van der Waals surface area contributed by atoms with E-state index in [1.807, 2.05) is 12.1 Å². The second-order valence-corrected chi connectivity index (χ2v) is 5.43. The van der Waals surface area contributed by atoms with E-state index in [2.05, 4.69) is 25.6 Å². The summed E-state index contributed by atoms with van der Waals surface area (Å²) in [6, 6.07) is 10.9. The van der Waals surface area contributed by atoms with Crippen molar-refractivity contribution >= 4 is 11.8 Å². The Balaban J connectivity index is 1.83. The van der Waals surface area contributed by atoms with Gasteiger partial charge < -0.3 is 15.7 Å². The molecule has 3 rings (SSSR count). The third-order valence-electron chi connectivity index (χ3n) is 3.51. The monoisotopic (exact) mass is 357 g/mol. The number of halogens is 2. The lowest BCUT2D eigenvalue weighted by Crippen LogP contribution is -2.11. The summed E-state index contributed by atoms with van der Waals surface area (Å²) >= 11 is 0. The molecular weight excluding hydrogens is 340 g/mol. The standard InChI is InChI=1S/C18H17F2N5O/c19-13-5-4-12(9-14(13)20)11-23-17-10-16(15-3-1-2-6-21-15)24-18(25-17)22-7-8-26/h1-6,9-10,26H,7-8,11H2,(H2,22,23,24,25). The molecule has 2 heterocycles. The fourth-order valence-electron chi connectivity index (χ4n) is 2.27. The number of aromatic nitrogens is 3. The van der Waals surface area contributed by atoms with E-state index in [0.717, 1.165) is 12.1 Å². The first kappa shape index (κ1) is 17.7. The maximum absolute atomic E-state index is 13.3. The molecular formula is C18H17F2N5O. The molecule has 0 aliphatic carbocycles. The van der Waals surface area contributed by atoms with Crippen molar-refractivity contribution in [3.63, 3.8) is 0 Å². The molecule has 6 nitrogen and oxygen atoms in total. The van der Waals surface area contributed by atoms with Crippen LogP contribution in [0.15, 0.2) is 48.7 Å². The van der Waals surface area contributed by atoms with Crippen LogP contribution in [0.4, 0.5) is 20.5 Å². The molecule has 2 aromatic heterocycles. The average molecular weight is 357 g/mol. The summed E-state index contributed by atoms with van der Waals surface area (Å²) in [5.41, 5.74) is 1.83. The van der Waals surface area contributed by atoms with E-state index in [1.165, 1.54) is 6.07 Å². The van der Waals surface area contributed by atoms with Gasteiger partial charge in [-0.3, -0.25) is 4.98 Å². The minimum atomic E-state index is -0.897. The summed E-state index contributed by atoms with van der Waals surface area (Å²) in [4.78, 5) is 13.0. The van der Waals surface area contributed by atoms with Crippen molar-refractivity contribution in [2.75, 3.05) is 23.8 Å². The van der Waals surface area contributed by atoms with Gasteiger partial charge in [0.2, 0.25) is 5.95 Å². The molecule has 0 saturated carbocycles. The number of nitrogens with zero attached hydrogens (tertiary/aromatic N) is 3. The largest absolute Gasteiger partial charge is 0.395 e. The van der Waals surface area contributed by atoms with Crippen LogP contribution < -0.4 is 10.6 Å². The van der Waals surface area contributed by atoms with Crippen molar-refractivity contribution in [3.8, 4) is 11.4 Å². The second kappa shape index (κ2) is 8.30. The number of rotatable bonds is 7. The van der Waals surface area contributed by atoms with Crippen LogP contribution in [0, 0.1) is 11.6 Å². The zero-order chi connectivity index (χ0) is 18.4. The molecule has 1 aromatic carbocycles. The highest BCUT2D eigenvalue weighted by molar-refractivity contribution is 5.60. The Labute approximate surface area is 149 Å². The van der Waals surface area contributed by atoms with E-state index in [0.29, 0.717) is 35.3 Å². The Bertz CT molecular complexity index is 877. The molecule has 0 aliphatic heterocycles. The Hall–Kier alpha value is -3.13. The highest BCUT2D eigenvalue weighted by Crippen LogP contribution is 2.20. The third-order valence-corrected chi connectivity index (χ3v) is 3.51. The molecule has 0 atom stereocenters. The average Bonchev–Trinajstić information content (AvgIpc) is 2.68. The number of hydrogen-bond donors (Lipinski definition) is 3. The quantitative estimate of drug-likeness (QED) is 0.603. The molecule has 0 radical (unpaired) electrons. The lowest BCUT2D eigenvalue weighted by molar-refractivity contribution is 0.311. The summed E-state index contributed by atoms with van der Waals surface area (Å²) in [6.07, 6.45) is 1.66. The molecule has 0 fully saturated rings. The molecule has 0 unspecified atom stereocenters. The Morgan fingerprint density at radius 2 is 1.81 bits per heavy atom. The van der Waals surface area contributed by atoms with Crippen LogP contribution in [-0.4, -0.2) is 33.2 Å². The number of aliphatic hydroxyl groups excluding tert-OH is 1. The number of aliphatic hydroxyl groups is 1. The summed E-state index contributed by atoms with van der Waals surface area (Å²) in [6.45, 7) is 0.498. The summed E-state index contributed by atoms with van der Waals surface area (Å²) in [5, 5.41) is 14.9. The van der Waals surface area contributed by atoms with Crippen molar-refractivity contribution in [3.05, 3.63) is 65.9 Å². The molecule has 26 heavy (non-hydrogen) atoms. The van der Waals surface area contributed by atoms with Gasteiger partial charge in [0.1, 0.15) is 5.82 Å². The van der Waals surface area contributed by atoms with Crippen LogP contribution in [-0.2, 0) is 6.54 Å². The molecule has 0 amide bonds. The van der Waals surface area contributed by atoms with Gasteiger partial charge in [-0.05, 0) is 29.8 Å². The zero-order valence-corrected chi connectivity index (χ0v) is 13.8. The molecule has 3 N–H and O–H groups in total. The fraction of sp³-hybridized carbons (Fsp3) is 0.167. The van der Waals surface area contributed by atoms with Crippen LogP contribution in [0.25, 0.3) is 11.4 Å². The van der Waals surface area contributed by atoms with Crippen molar-refractivity contribution in [2.24, 2.45) is 0 Å². The van der Waals surface area contributed by atoms with E-state index in [4.69, 9.17) is 5.11 Å². The van der Waals surface area contributed by atoms with Crippen LogP contribution in [0.3, 0.4) is 0 Å². The topological polar surface area (TPSA) is 83.0 Å². The van der Waals surface area contributed by atoms with Gasteiger partial charge in [-0.15, -0.1) is 0 Å². The van der Waals surface area contributed by atoms with Crippen LogP contribution in [0.2, 0.25) is 0 Å². The van der Waals surface area contributed by atoms with E-state index in [1.54, 1.807) is 18.3 Å². The maximum Gasteiger partial charge on any atom is 0.225 e. The number of anilines is 2. The summed E-state index contributed by atoms with van der Waals surface area (Å²) in [5.74, 6) is -0.962. The predicted octanol–water partition coefficient (Wildman–Crippen LogP) is 2.83. The Morgan fingerprint density at radius 1 is 0.923 bits per heavy atom. The van der Waals surface area contributed by atoms with Crippen molar-refractivity contribution < 1.29 is 13.9 Å². The highest BCUT2D eigenvalue weighted by atomic mass is 19.2. The minimum absolute atomic E-state index is 0.0607. The van der Waals surface area contributed by atoms with Gasteiger partial charge in [-0.2, -0.15) is 4.98 Å².